The molecule has 1 aromatic carbocycles. The molecule has 0 amide bonds. The van der Waals surface area contributed by atoms with Crippen LogP contribution in [-0.4, -0.2) is 36.6 Å². The number of ether oxygens (including phenoxy) is 4. The van der Waals surface area contributed by atoms with Gasteiger partial charge in [0.05, 0.1) is 43.2 Å². The highest BCUT2D eigenvalue weighted by Gasteiger charge is 2.26. The maximum Gasteiger partial charge on any atom is 0.0720 e. The zero-order chi connectivity index (χ0) is 27.1. The lowest BCUT2D eigenvalue weighted by Gasteiger charge is -2.33. The molecule has 38 heavy (non-hydrogen) atoms. The summed E-state index contributed by atoms with van der Waals surface area (Å²) in [7, 11) is 0. The van der Waals surface area contributed by atoms with Gasteiger partial charge in [0.1, 0.15) is 0 Å². The molecule has 2 unspecified atom stereocenters. The summed E-state index contributed by atoms with van der Waals surface area (Å²) < 4.78 is 25.0. The largest absolute Gasteiger partial charge is 0.377 e. The van der Waals surface area contributed by atoms with Crippen molar-refractivity contribution >= 4 is 0 Å². The number of hydrogen-bond acceptors (Lipinski definition) is 4. The molecule has 0 N–H and O–H groups in total. The van der Waals surface area contributed by atoms with Crippen LogP contribution in [0.2, 0.25) is 0 Å². The molecule has 4 nitrogen and oxygen atoms in total. The third-order valence-electron chi connectivity index (χ3n) is 7.75. The third kappa shape index (κ3) is 13.1. The van der Waals surface area contributed by atoms with Gasteiger partial charge in [0.15, 0.2) is 0 Å². The number of hydrogen-bond donors (Lipinski definition) is 0. The molecule has 2 aliphatic rings. The zero-order valence-electron chi connectivity index (χ0n) is 24.7. The van der Waals surface area contributed by atoms with E-state index in [1.54, 1.807) is 0 Å². The molecular weight excluding hydrogens is 472 g/mol. The summed E-state index contributed by atoms with van der Waals surface area (Å²) in [6.07, 6.45) is 23.4. The van der Waals surface area contributed by atoms with Crippen molar-refractivity contribution < 1.29 is 18.9 Å². The quantitative estimate of drug-likeness (QED) is 0.179. The minimum absolute atomic E-state index is 0.163. The SMILES string of the molecule is CC(C)(CCOCc1ccc(COC2CCC=CCCC2)cc1)OCCC(C)(C)OC1CCC=CCCC1. The predicted octanol–water partition coefficient (Wildman–Crippen LogP) is 8.87. The first-order valence-electron chi connectivity index (χ1n) is 15.2. The first-order chi connectivity index (χ1) is 18.3. The molecule has 0 bridgehead atoms. The van der Waals surface area contributed by atoms with E-state index >= 15 is 0 Å². The Bertz CT molecular complexity index is 823. The van der Waals surface area contributed by atoms with E-state index < -0.39 is 0 Å². The average molecular weight is 527 g/mol. The number of benzene rings is 1. The van der Waals surface area contributed by atoms with Gasteiger partial charge in [-0.05, 0) is 116 Å². The van der Waals surface area contributed by atoms with Crippen LogP contribution in [0.25, 0.3) is 0 Å². The highest BCUT2D eigenvalue weighted by atomic mass is 16.5. The highest BCUT2D eigenvalue weighted by molar-refractivity contribution is 5.21. The van der Waals surface area contributed by atoms with Crippen molar-refractivity contribution in [2.75, 3.05) is 13.2 Å². The van der Waals surface area contributed by atoms with Crippen molar-refractivity contribution in [2.45, 2.75) is 141 Å². The van der Waals surface area contributed by atoms with E-state index in [1.807, 2.05) is 0 Å². The summed E-state index contributed by atoms with van der Waals surface area (Å²) in [6, 6.07) is 8.67. The summed E-state index contributed by atoms with van der Waals surface area (Å²) in [4.78, 5) is 0. The lowest BCUT2D eigenvalue weighted by molar-refractivity contribution is -0.109. The van der Waals surface area contributed by atoms with Gasteiger partial charge in [-0.15, -0.1) is 0 Å². The molecule has 0 saturated heterocycles. The van der Waals surface area contributed by atoms with Crippen LogP contribution >= 0.6 is 0 Å². The smallest absolute Gasteiger partial charge is 0.0720 e. The molecule has 0 saturated carbocycles. The summed E-state index contributed by atoms with van der Waals surface area (Å²) in [6.45, 7) is 11.4. The molecule has 2 atom stereocenters. The second kappa shape index (κ2) is 16.6. The molecule has 214 valence electrons. The lowest BCUT2D eigenvalue weighted by atomic mass is 10.00. The first kappa shape index (κ1) is 31.1. The van der Waals surface area contributed by atoms with E-state index in [0.29, 0.717) is 38.6 Å². The average Bonchev–Trinajstić information content (AvgIpc) is 2.83. The van der Waals surface area contributed by atoms with Crippen LogP contribution in [0.15, 0.2) is 48.6 Å². The van der Waals surface area contributed by atoms with Crippen molar-refractivity contribution in [3.05, 3.63) is 59.7 Å². The second-order valence-corrected chi connectivity index (χ2v) is 12.4. The van der Waals surface area contributed by atoms with E-state index in [1.165, 1.54) is 43.2 Å². The number of allylic oxidation sites excluding steroid dienone is 4. The van der Waals surface area contributed by atoms with Gasteiger partial charge in [0, 0.05) is 6.61 Å². The van der Waals surface area contributed by atoms with Gasteiger partial charge in [0.2, 0.25) is 0 Å². The molecule has 3 rings (SSSR count). The molecule has 0 aliphatic heterocycles. The van der Waals surface area contributed by atoms with Gasteiger partial charge in [-0.2, -0.15) is 0 Å². The molecular formula is C34H54O4. The summed E-state index contributed by atoms with van der Waals surface area (Å²) in [5, 5.41) is 0. The van der Waals surface area contributed by atoms with E-state index in [4.69, 9.17) is 18.9 Å². The number of rotatable bonds is 14. The van der Waals surface area contributed by atoms with Crippen LogP contribution in [0.1, 0.15) is 116 Å². The van der Waals surface area contributed by atoms with Gasteiger partial charge in [-0.25, -0.2) is 0 Å². The van der Waals surface area contributed by atoms with Gasteiger partial charge < -0.3 is 18.9 Å². The minimum atomic E-state index is -0.213. The van der Waals surface area contributed by atoms with Crippen molar-refractivity contribution in [2.24, 2.45) is 0 Å². The Morgan fingerprint density at radius 2 is 1.18 bits per heavy atom. The van der Waals surface area contributed by atoms with Gasteiger partial charge in [0.25, 0.3) is 0 Å². The molecule has 2 aliphatic carbocycles. The highest BCUT2D eigenvalue weighted by Crippen LogP contribution is 2.25. The Hall–Kier alpha value is -1.46. The summed E-state index contributed by atoms with van der Waals surface area (Å²) >= 11 is 0. The Morgan fingerprint density at radius 1 is 0.632 bits per heavy atom. The molecule has 0 heterocycles. The molecule has 1 aromatic rings. The van der Waals surface area contributed by atoms with Crippen molar-refractivity contribution in [3.63, 3.8) is 0 Å². The predicted molar refractivity (Wildman–Crippen MR) is 157 cm³/mol. The van der Waals surface area contributed by atoms with Crippen molar-refractivity contribution in [3.8, 4) is 0 Å². The van der Waals surface area contributed by atoms with Crippen LogP contribution in [0.5, 0.6) is 0 Å². The van der Waals surface area contributed by atoms with Crippen LogP contribution < -0.4 is 0 Å². The van der Waals surface area contributed by atoms with Gasteiger partial charge in [-0.3, -0.25) is 0 Å². The monoisotopic (exact) mass is 526 g/mol. The topological polar surface area (TPSA) is 36.9 Å². The minimum Gasteiger partial charge on any atom is -0.377 e. The third-order valence-corrected chi connectivity index (χ3v) is 7.75. The lowest BCUT2D eigenvalue weighted by Crippen LogP contribution is -2.34. The fraction of sp³-hybridized carbons (Fsp3) is 0.706. The van der Waals surface area contributed by atoms with E-state index in [2.05, 4.69) is 76.3 Å². The normalized spacial score (nSPS) is 21.5. The van der Waals surface area contributed by atoms with Gasteiger partial charge in [-0.1, -0.05) is 48.6 Å². The van der Waals surface area contributed by atoms with Crippen LogP contribution in [0.3, 0.4) is 0 Å². The summed E-state index contributed by atoms with van der Waals surface area (Å²) in [5.74, 6) is 0. The fourth-order valence-corrected chi connectivity index (χ4v) is 5.14. The van der Waals surface area contributed by atoms with Crippen LogP contribution in [-0.2, 0) is 32.2 Å². The maximum atomic E-state index is 6.49. The summed E-state index contributed by atoms with van der Waals surface area (Å²) in [5.41, 5.74) is 2.06. The van der Waals surface area contributed by atoms with Crippen LogP contribution in [0, 0.1) is 0 Å². The maximum absolute atomic E-state index is 6.49. The van der Waals surface area contributed by atoms with E-state index in [0.717, 1.165) is 44.9 Å². The molecule has 4 heteroatoms. The molecule has 0 radical (unpaired) electrons. The van der Waals surface area contributed by atoms with Gasteiger partial charge >= 0.3 is 0 Å². The zero-order valence-corrected chi connectivity index (χ0v) is 24.7. The Morgan fingerprint density at radius 3 is 1.87 bits per heavy atom. The second-order valence-electron chi connectivity index (χ2n) is 12.4. The van der Waals surface area contributed by atoms with Crippen LogP contribution in [0.4, 0.5) is 0 Å². The fourth-order valence-electron chi connectivity index (χ4n) is 5.14. The first-order valence-corrected chi connectivity index (χ1v) is 15.2. The van der Waals surface area contributed by atoms with Crippen molar-refractivity contribution in [1.29, 1.82) is 0 Å². The Balaban J connectivity index is 1.28. The van der Waals surface area contributed by atoms with E-state index in [9.17, 15) is 0 Å². The molecule has 0 fully saturated rings. The van der Waals surface area contributed by atoms with Crippen molar-refractivity contribution in [1.82, 2.24) is 0 Å². The Labute approximate surface area is 233 Å². The molecule has 0 aromatic heterocycles. The van der Waals surface area contributed by atoms with E-state index in [-0.39, 0.29) is 11.2 Å². The standard InChI is InChI=1S/C34H54O4/c1-33(2,37-26-24-34(3,4)38-32-17-13-9-6-10-14-18-32)23-25-35-27-29-19-21-30(22-20-29)28-36-31-15-11-7-5-8-12-16-31/h5-7,9,19-22,31-32H,8,10-18,23-28H2,1-4H3. The molecule has 0 spiro atoms. The Kier molecular flexibility index (Phi) is 13.6.